The maximum atomic E-state index is 13.4. The lowest BCUT2D eigenvalue weighted by atomic mass is 10.1. The molecule has 0 radical (unpaired) electrons. The highest BCUT2D eigenvalue weighted by atomic mass is 35.5. The number of halogens is 1. The van der Waals surface area contributed by atoms with E-state index in [0.29, 0.717) is 20.7 Å². The number of aliphatic imine (C=N–C) groups is 1. The predicted octanol–water partition coefficient (Wildman–Crippen LogP) is 6.48. The van der Waals surface area contributed by atoms with Gasteiger partial charge in [-0.05, 0) is 73.1 Å². The summed E-state index contributed by atoms with van der Waals surface area (Å²) in [4.78, 5) is 20.2. The molecule has 3 aromatic rings. The molecule has 1 N–H and O–H groups in total. The number of thioether (sulfide) groups is 1. The van der Waals surface area contributed by atoms with Crippen molar-refractivity contribution in [3.05, 3.63) is 87.3 Å². The van der Waals surface area contributed by atoms with Crippen molar-refractivity contribution in [3.63, 3.8) is 0 Å². The lowest BCUT2D eigenvalue weighted by Crippen LogP contribution is -2.28. The highest BCUT2D eigenvalue weighted by Crippen LogP contribution is 2.40. The zero-order valence-electron chi connectivity index (χ0n) is 17.8. The summed E-state index contributed by atoms with van der Waals surface area (Å²) in [7, 11) is 1.45. The van der Waals surface area contributed by atoms with Crippen LogP contribution in [0.25, 0.3) is 6.08 Å². The van der Waals surface area contributed by atoms with Gasteiger partial charge in [-0.25, -0.2) is 4.99 Å². The molecule has 4 rings (SSSR count). The van der Waals surface area contributed by atoms with E-state index >= 15 is 0 Å². The number of phenolic OH excluding ortho intramolecular Hbond substituents is 1. The number of methoxy groups -OCH3 is 1. The van der Waals surface area contributed by atoms with Crippen LogP contribution in [0.1, 0.15) is 16.7 Å². The van der Waals surface area contributed by atoms with E-state index in [4.69, 9.17) is 21.3 Å². The molecule has 1 fully saturated rings. The zero-order chi connectivity index (χ0) is 22.8. The number of amides is 1. The number of carbonyl (C=O) groups excluding carboxylic acids is 1. The summed E-state index contributed by atoms with van der Waals surface area (Å²) < 4.78 is 5.18. The summed E-state index contributed by atoms with van der Waals surface area (Å²) in [6.07, 6.45) is 1.61. The first-order valence-electron chi connectivity index (χ1n) is 9.88. The van der Waals surface area contributed by atoms with Gasteiger partial charge in [-0.3, -0.25) is 9.69 Å². The Morgan fingerprint density at radius 3 is 2.47 bits per heavy atom. The first kappa shape index (κ1) is 22.0. The molecule has 162 valence electrons. The van der Waals surface area contributed by atoms with E-state index < -0.39 is 0 Å². The van der Waals surface area contributed by atoms with Gasteiger partial charge >= 0.3 is 0 Å². The fourth-order valence-corrected chi connectivity index (χ4v) is 4.56. The van der Waals surface area contributed by atoms with E-state index in [1.807, 2.05) is 62.4 Å². The minimum atomic E-state index is -0.231. The van der Waals surface area contributed by atoms with Crippen molar-refractivity contribution >= 4 is 51.9 Å². The predicted molar refractivity (Wildman–Crippen MR) is 132 cm³/mol. The number of nitrogens with zero attached hydrogens (tertiary/aromatic N) is 2. The normalized spacial score (nSPS) is 16.2. The van der Waals surface area contributed by atoms with Crippen molar-refractivity contribution in [2.24, 2.45) is 4.99 Å². The van der Waals surface area contributed by atoms with Gasteiger partial charge < -0.3 is 9.84 Å². The standard InChI is InChI=1S/C25H21ClN2O3S/c1-15-6-4-8-19(10-15)27-25-28(20-9-5-7-16(2)11-20)24(30)22(32-25)13-17-12-18(26)14-21(31-3)23(17)29/h4-14,29H,1-3H3/b22-13-,27-25?. The van der Waals surface area contributed by atoms with Crippen LogP contribution in [0, 0.1) is 13.8 Å². The van der Waals surface area contributed by atoms with Gasteiger partial charge in [-0.15, -0.1) is 0 Å². The van der Waals surface area contributed by atoms with Crippen molar-refractivity contribution in [1.29, 1.82) is 0 Å². The summed E-state index contributed by atoms with van der Waals surface area (Å²) in [5, 5.41) is 11.4. The third-order valence-corrected chi connectivity index (χ3v) is 6.06. The third kappa shape index (κ3) is 4.52. The summed E-state index contributed by atoms with van der Waals surface area (Å²) >= 11 is 7.41. The van der Waals surface area contributed by atoms with Crippen LogP contribution >= 0.6 is 23.4 Å². The lowest BCUT2D eigenvalue weighted by molar-refractivity contribution is -0.113. The number of anilines is 1. The number of phenols is 1. The monoisotopic (exact) mass is 464 g/mol. The van der Waals surface area contributed by atoms with Crippen LogP contribution in [0.15, 0.2) is 70.6 Å². The number of rotatable bonds is 4. The third-order valence-electron chi connectivity index (χ3n) is 4.87. The second kappa shape index (κ2) is 9.10. The second-order valence-corrected chi connectivity index (χ2v) is 8.82. The minimum absolute atomic E-state index is 0.0796. The summed E-state index contributed by atoms with van der Waals surface area (Å²) in [6.45, 7) is 3.97. The van der Waals surface area contributed by atoms with Crippen molar-refractivity contribution < 1.29 is 14.6 Å². The molecule has 1 heterocycles. The molecule has 0 bridgehead atoms. The molecule has 0 aliphatic carbocycles. The Labute approximate surface area is 196 Å². The van der Waals surface area contributed by atoms with E-state index in [1.165, 1.54) is 24.9 Å². The highest BCUT2D eigenvalue weighted by Gasteiger charge is 2.35. The van der Waals surface area contributed by atoms with Crippen LogP contribution in [0.2, 0.25) is 5.02 Å². The Balaban J connectivity index is 1.83. The smallest absolute Gasteiger partial charge is 0.271 e. The molecule has 1 aliphatic rings. The molecule has 0 atom stereocenters. The van der Waals surface area contributed by atoms with Crippen LogP contribution in [0.3, 0.4) is 0 Å². The van der Waals surface area contributed by atoms with E-state index in [-0.39, 0.29) is 17.4 Å². The maximum Gasteiger partial charge on any atom is 0.271 e. The second-order valence-electron chi connectivity index (χ2n) is 7.37. The number of hydrogen-bond donors (Lipinski definition) is 1. The number of amidine groups is 1. The molecule has 5 nitrogen and oxygen atoms in total. The highest BCUT2D eigenvalue weighted by molar-refractivity contribution is 8.19. The van der Waals surface area contributed by atoms with Crippen LogP contribution in [0.4, 0.5) is 11.4 Å². The fourth-order valence-electron chi connectivity index (χ4n) is 3.35. The van der Waals surface area contributed by atoms with Crippen molar-refractivity contribution in [2.45, 2.75) is 13.8 Å². The van der Waals surface area contributed by atoms with Gasteiger partial charge in [0, 0.05) is 16.7 Å². The Morgan fingerprint density at radius 1 is 1.06 bits per heavy atom. The van der Waals surface area contributed by atoms with Crippen molar-refractivity contribution in [2.75, 3.05) is 12.0 Å². The summed E-state index contributed by atoms with van der Waals surface area (Å²) in [5.74, 6) is -0.0710. The van der Waals surface area contributed by atoms with Crippen LogP contribution in [-0.2, 0) is 4.79 Å². The Hall–Kier alpha value is -3.22. The molecule has 7 heteroatoms. The molecule has 0 saturated carbocycles. The minimum Gasteiger partial charge on any atom is -0.504 e. The average molecular weight is 465 g/mol. The summed E-state index contributed by atoms with van der Waals surface area (Å²) in [5.41, 5.74) is 3.99. The van der Waals surface area contributed by atoms with Crippen LogP contribution in [0.5, 0.6) is 11.5 Å². The largest absolute Gasteiger partial charge is 0.504 e. The van der Waals surface area contributed by atoms with Gasteiger partial charge in [0.2, 0.25) is 0 Å². The zero-order valence-corrected chi connectivity index (χ0v) is 19.4. The Kier molecular flexibility index (Phi) is 6.26. The SMILES string of the molecule is COc1cc(Cl)cc(/C=C2\SC(=Nc3cccc(C)c3)N(c3cccc(C)c3)C2=O)c1O. The van der Waals surface area contributed by atoms with Crippen LogP contribution in [-0.4, -0.2) is 23.3 Å². The van der Waals surface area contributed by atoms with Crippen molar-refractivity contribution in [1.82, 2.24) is 0 Å². The summed E-state index contributed by atoms with van der Waals surface area (Å²) in [6, 6.07) is 18.6. The fraction of sp³-hybridized carbons (Fsp3) is 0.120. The molecule has 3 aromatic carbocycles. The van der Waals surface area contributed by atoms with E-state index in [1.54, 1.807) is 17.0 Å². The first-order valence-corrected chi connectivity index (χ1v) is 11.1. The first-order chi connectivity index (χ1) is 15.4. The number of aryl methyl sites for hydroxylation is 2. The quantitative estimate of drug-likeness (QED) is 0.449. The van der Waals surface area contributed by atoms with E-state index in [2.05, 4.69) is 0 Å². The molecule has 1 saturated heterocycles. The van der Waals surface area contributed by atoms with E-state index in [0.717, 1.165) is 22.5 Å². The Morgan fingerprint density at radius 2 is 1.78 bits per heavy atom. The van der Waals surface area contributed by atoms with Gasteiger partial charge in [-0.1, -0.05) is 35.9 Å². The number of ether oxygens (including phenoxy) is 1. The number of benzene rings is 3. The van der Waals surface area contributed by atoms with Gasteiger partial charge in [0.15, 0.2) is 16.7 Å². The molecular weight excluding hydrogens is 444 g/mol. The van der Waals surface area contributed by atoms with Crippen molar-refractivity contribution in [3.8, 4) is 11.5 Å². The van der Waals surface area contributed by atoms with Crippen LogP contribution < -0.4 is 9.64 Å². The molecular formula is C25H21ClN2O3S. The molecule has 0 unspecified atom stereocenters. The molecule has 1 aliphatic heterocycles. The number of aromatic hydroxyl groups is 1. The topological polar surface area (TPSA) is 62.1 Å². The molecule has 0 aromatic heterocycles. The van der Waals surface area contributed by atoms with E-state index in [9.17, 15) is 9.90 Å². The van der Waals surface area contributed by atoms with Gasteiger partial charge in [-0.2, -0.15) is 0 Å². The molecule has 1 amide bonds. The molecule has 32 heavy (non-hydrogen) atoms. The lowest BCUT2D eigenvalue weighted by Gasteiger charge is -2.16. The Bertz CT molecular complexity index is 1270. The molecule has 0 spiro atoms. The van der Waals surface area contributed by atoms with Gasteiger partial charge in [0.05, 0.1) is 23.4 Å². The maximum absolute atomic E-state index is 13.4. The van der Waals surface area contributed by atoms with Gasteiger partial charge in [0.1, 0.15) is 0 Å². The average Bonchev–Trinajstić information content (AvgIpc) is 3.05. The number of carbonyl (C=O) groups is 1. The number of hydrogen-bond acceptors (Lipinski definition) is 5. The van der Waals surface area contributed by atoms with Gasteiger partial charge in [0.25, 0.3) is 5.91 Å².